The van der Waals surface area contributed by atoms with Crippen molar-refractivity contribution >= 4 is 11.6 Å². The molecule has 0 saturated carbocycles. The monoisotopic (exact) mass is 324 g/mol. The van der Waals surface area contributed by atoms with Crippen molar-refractivity contribution in [3.05, 3.63) is 29.8 Å². The molecule has 2 heterocycles. The van der Waals surface area contributed by atoms with Crippen LogP contribution in [-0.4, -0.2) is 67.6 Å². The largest absolute Gasteiger partial charge is 0.322 e. The number of amides is 1. The first-order valence-corrected chi connectivity index (χ1v) is 8.04. The van der Waals surface area contributed by atoms with E-state index in [-0.39, 0.29) is 18.1 Å². The molecular weight excluding hydrogens is 302 g/mol. The van der Waals surface area contributed by atoms with Gasteiger partial charge >= 0.3 is 0 Å². The molecule has 5 nitrogen and oxygen atoms in total. The van der Waals surface area contributed by atoms with Gasteiger partial charge in [0.05, 0.1) is 12.2 Å². The average Bonchev–Trinajstić information content (AvgIpc) is 3.05. The lowest BCUT2D eigenvalue weighted by Gasteiger charge is -2.37. The van der Waals surface area contributed by atoms with E-state index in [0.717, 1.165) is 51.4 Å². The summed E-state index contributed by atoms with van der Waals surface area (Å²) in [6, 6.07) is 3.75. The summed E-state index contributed by atoms with van der Waals surface area (Å²) in [5.74, 6) is -1.68. The summed E-state index contributed by atoms with van der Waals surface area (Å²) in [4.78, 5) is 16.6. The van der Waals surface area contributed by atoms with E-state index in [0.29, 0.717) is 6.04 Å². The maximum atomic E-state index is 13.5. The van der Waals surface area contributed by atoms with Gasteiger partial charge < -0.3 is 10.6 Å². The number of piperazine rings is 1. The summed E-state index contributed by atoms with van der Waals surface area (Å²) in [5, 5.41) is 5.87. The molecule has 1 amide bonds. The van der Waals surface area contributed by atoms with Gasteiger partial charge in [0.2, 0.25) is 5.91 Å². The highest BCUT2D eigenvalue weighted by atomic mass is 19.1. The lowest BCUT2D eigenvalue weighted by Crippen LogP contribution is -2.52. The lowest BCUT2D eigenvalue weighted by atomic mass is 10.2. The van der Waals surface area contributed by atoms with Crippen molar-refractivity contribution in [1.82, 2.24) is 15.1 Å². The molecular formula is C16H22F2N4O. The van der Waals surface area contributed by atoms with Gasteiger partial charge in [-0.3, -0.25) is 14.6 Å². The fourth-order valence-corrected chi connectivity index (χ4v) is 3.22. The molecule has 2 aliphatic rings. The SMILES string of the molecule is O=C(CN1CCN(C2CCNC2)CC1)Nc1ccc(F)cc1F. The first-order valence-electron chi connectivity index (χ1n) is 8.04. The second-order valence-corrected chi connectivity index (χ2v) is 6.13. The van der Waals surface area contributed by atoms with Gasteiger partial charge in [-0.25, -0.2) is 8.78 Å². The van der Waals surface area contributed by atoms with Crippen molar-refractivity contribution < 1.29 is 13.6 Å². The average molecular weight is 324 g/mol. The van der Waals surface area contributed by atoms with Crippen molar-refractivity contribution in [3.63, 3.8) is 0 Å². The summed E-state index contributed by atoms with van der Waals surface area (Å²) < 4.78 is 26.4. The molecule has 2 aliphatic heterocycles. The lowest BCUT2D eigenvalue weighted by molar-refractivity contribution is -0.117. The number of benzene rings is 1. The Morgan fingerprint density at radius 1 is 1.26 bits per heavy atom. The van der Waals surface area contributed by atoms with E-state index in [1.807, 2.05) is 0 Å². The molecule has 1 aromatic rings. The molecule has 2 saturated heterocycles. The number of hydrogen-bond donors (Lipinski definition) is 2. The van der Waals surface area contributed by atoms with E-state index in [9.17, 15) is 13.6 Å². The Kier molecular flexibility index (Phi) is 5.20. The highest BCUT2D eigenvalue weighted by Crippen LogP contribution is 2.15. The van der Waals surface area contributed by atoms with Gasteiger partial charge in [0, 0.05) is 44.8 Å². The summed E-state index contributed by atoms with van der Waals surface area (Å²) in [6.45, 7) is 5.91. The van der Waals surface area contributed by atoms with Gasteiger partial charge in [-0.1, -0.05) is 0 Å². The Labute approximate surface area is 134 Å². The summed E-state index contributed by atoms with van der Waals surface area (Å²) in [7, 11) is 0. The number of halogens is 2. The van der Waals surface area contributed by atoms with E-state index in [1.165, 1.54) is 12.5 Å². The Morgan fingerprint density at radius 2 is 2.04 bits per heavy atom. The predicted octanol–water partition coefficient (Wildman–Crippen LogP) is 0.883. The van der Waals surface area contributed by atoms with Crippen LogP contribution in [0.2, 0.25) is 0 Å². The number of anilines is 1. The van der Waals surface area contributed by atoms with Crippen LogP contribution < -0.4 is 10.6 Å². The van der Waals surface area contributed by atoms with Crippen LogP contribution in [0.15, 0.2) is 18.2 Å². The normalized spacial score (nSPS) is 23.1. The Balaban J connectivity index is 1.45. The number of nitrogens with one attached hydrogen (secondary N) is 2. The maximum Gasteiger partial charge on any atom is 0.238 e. The van der Waals surface area contributed by atoms with Gasteiger partial charge in [-0.05, 0) is 25.1 Å². The van der Waals surface area contributed by atoms with Crippen molar-refractivity contribution in [2.45, 2.75) is 12.5 Å². The molecule has 1 unspecified atom stereocenters. The molecule has 0 aromatic heterocycles. The fraction of sp³-hybridized carbons (Fsp3) is 0.562. The molecule has 1 atom stereocenters. The van der Waals surface area contributed by atoms with Gasteiger partial charge in [0.1, 0.15) is 11.6 Å². The molecule has 23 heavy (non-hydrogen) atoms. The molecule has 1 aromatic carbocycles. The van der Waals surface area contributed by atoms with Crippen molar-refractivity contribution in [2.24, 2.45) is 0 Å². The zero-order chi connectivity index (χ0) is 16.2. The Hall–Kier alpha value is -1.57. The molecule has 0 bridgehead atoms. The first-order chi connectivity index (χ1) is 11.1. The third-order valence-corrected chi connectivity index (χ3v) is 4.53. The molecule has 0 radical (unpaired) electrons. The molecule has 126 valence electrons. The first kappa shape index (κ1) is 16.3. The number of carbonyl (C=O) groups excluding carboxylic acids is 1. The zero-order valence-corrected chi connectivity index (χ0v) is 13.0. The van der Waals surface area contributed by atoms with Crippen LogP contribution in [-0.2, 0) is 4.79 Å². The minimum absolute atomic E-state index is 0.0204. The van der Waals surface area contributed by atoms with Crippen LogP contribution in [0.1, 0.15) is 6.42 Å². The Bertz CT molecular complexity index is 555. The maximum absolute atomic E-state index is 13.5. The standard InChI is InChI=1S/C16H22F2N4O/c17-12-1-2-15(14(18)9-12)20-16(23)11-21-5-7-22(8-6-21)13-3-4-19-10-13/h1-2,9,13,19H,3-8,10-11H2,(H,20,23). The van der Waals surface area contributed by atoms with Crippen molar-refractivity contribution in [3.8, 4) is 0 Å². The van der Waals surface area contributed by atoms with Crippen LogP contribution in [0.4, 0.5) is 14.5 Å². The highest BCUT2D eigenvalue weighted by molar-refractivity contribution is 5.92. The van der Waals surface area contributed by atoms with E-state index < -0.39 is 11.6 Å². The van der Waals surface area contributed by atoms with E-state index in [4.69, 9.17) is 0 Å². The number of hydrogen-bond acceptors (Lipinski definition) is 4. The number of nitrogens with zero attached hydrogens (tertiary/aromatic N) is 2. The molecule has 3 rings (SSSR count). The van der Waals surface area contributed by atoms with Crippen LogP contribution >= 0.6 is 0 Å². The summed E-state index contributed by atoms with van der Waals surface area (Å²) in [6.07, 6.45) is 1.18. The van der Waals surface area contributed by atoms with E-state index in [2.05, 4.69) is 20.4 Å². The van der Waals surface area contributed by atoms with E-state index >= 15 is 0 Å². The third-order valence-electron chi connectivity index (χ3n) is 4.53. The van der Waals surface area contributed by atoms with Crippen LogP contribution in [0, 0.1) is 11.6 Å². The smallest absolute Gasteiger partial charge is 0.238 e. The molecule has 0 spiro atoms. The second kappa shape index (κ2) is 7.33. The number of rotatable bonds is 4. The summed E-state index contributed by atoms with van der Waals surface area (Å²) >= 11 is 0. The fourth-order valence-electron chi connectivity index (χ4n) is 3.22. The van der Waals surface area contributed by atoms with Gasteiger partial charge in [0.15, 0.2) is 0 Å². The van der Waals surface area contributed by atoms with Gasteiger partial charge in [-0.2, -0.15) is 0 Å². The van der Waals surface area contributed by atoms with Crippen LogP contribution in [0.25, 0.3) is 0 Å². The topological polar surface area (TPSA) is 47.6 Å². The molecule has 2 fully saturated rings. The zero-order valence-electron chi connectivity index (χ0n) is 13.0. The van der Waals surface area contributed by atoms with Crippen LogP contribution in [0.3, 0.4) is 0 Å². The number of carbonyl (C=O) groups is 1. The Morgan fingerprint density at radius 3 is 2.70 bits per heavy atom. The second-order valence-electron chi connectivity index (χ2n) is 6.13. The quantitative estimate of drug-likeness (QED) is 0.863. The van der Waals surface area contributed by atoms with Crippen molar-refractivity contribution in [1.29, 1.82) is 0 Å². The van der Waals surface area contributed by atoms with Crippen molar-refractivity contribution in [2.75, 3.05) is 51.1 Å². The van der Waals surface area contributed by atoms with Crippen LogP contribution in [0.5, 0.6) is 0 Å². The van der Waals surface area contributed by atoms with E-state index in [1.54, 1.807) is 0 Å². The highest BCUT2D eigenvalue weighted by Gasteiger charge is 2.26. The third kappa shape index (κ3) is 4.25. The molecule has 0 aliphatic carbocycles. The minimum Gasteiger partial charge on any atom is -0.322 e. The molecule has 7 heteroatoms. The summed E-state index contributed by atoms with van der Waals surface area (Å²) in [5.41, 5.74) is 0.0204. The minimum atomic E-state index is -0.753. The van der Waals surface area contributed by atoms with Gasteiger partial charge in [-0.15, -0.1) is 0 Å². The molecule has 2 N–H and O–H groups in total. The van der Waals surface area contributed by atoms with Gasteiger partial charge in [0.25, 0.3) is 0 Å². The predicted molar refractivity (Wildman–Crippen MR) is 84.3 cm³/mol.